The summed E-state index contributed by atoms with van der Waals surface area (Å²) in [4.78, 5) is 21.7. The number of Topliss-reactive ketones (excluding diaryl/α,β-unsaturated/α-hetero) is 1. The first kappa shape index (κ1) is 13.5. The van der Waals surface area contributed by atoms with Crippen molar-refractivity contribution < 1.29 is 14.5 Å². The molecule has 2 rings (SSSR count). The molecule has 1 aliphatic carbocycles. The van der Waals surface area contributed by atoms with Crippen molar-refractivity contribution in [1.82, 2.24) is 0 Å². The van der Waals surface area contributed by atoms with Crippen molar-refractivity contribution in [3.8, 4) is 5.75 Å². The van der Waals surface area contributed by atoms with E-state index >= 15 is 0 Å². The van der Waals surface area contributed by atoms with Crippen LogP contribution in [0.15, 0.2) is 18.2 Å². The maximum absolute atomic E-state index is 11.5. The average Bonchev–Trinajstić information content (AvgIpc) is 2.75. The maximum Gasteiger partial charge on any atom is 0.272 e. The van der Waals surface area contributed by atoms with E-state index in [1.54, 1.807) is 19.1 Å². The Hall–Kier alpha value is -1.91. The molecule has 1 aromatic carbocycles. The Balaban J connectivity index is 1.88. The number of ketones is 1. The Morgan fingerprint density at radius 3 is 2.84 bits per heavy atom. The molecule has 0 aromatic heterocycles. The number of ether oxygens (including phenoxy) is 1. The Bertz CT molecular complexity index is 498. The van der Waals surface area contributed by atoms with Crippen molar-refractivity contribution in [2.24, 2.45) is 5.92 Å². The zero-order valence-electron chi connectivity index (χ0n) is 10.9. The van der Waals surface area contributed by atoms with Gasteiger partial charge in [0.2, 0.25) is 0 Å². The lowest BCUT2D eigenvalue weighted by atomic mass is 10.0. The van der Waals surface area contributed by atoms with Crippen LogP contribution in [0.1, 0.15) is 31.2 Å². The molecule has 0 N–H and O–H groups in total. The van der Waals surface area contributed by atoms with Crippen LogP contribution in [-0.4, -0.2) is 17.3 Å². The van der Waals surface area contributed by atoms with E-state index in [0.717, 1.165) is 19.3 Å². The van der Waals surface area contributed by atoms with Gasteiger partial charge in [-0.1, -0.05) is 0 Å². The second kappa shape index (κ2) is 5.82. The van der Waals surface area contributed by atoms with Crippen LogP contribution in [0.5, 0.6) is 5.75 Å². The van der Waals surface area contributed by atoms with Gasteiger partial charge in [0.1, 0.15) is 11.5 Å². The summed E-state index contributed by atoms with van der Waals surface area (Å²) in [6.07, 6.45) is 3.37. The molecule has 5 nitrogen and oxygen atoms in total. The smallest absolute Gasteiger partial charge is 0.272 e. The van der Waals surface area contributed by atoms with Gasteiger partial charge in [-0.15, -0.1) is 0 Å². The number of carbonyl (C=O) groups is 1. The summed E-state index contributed by atoms with van der Waals surface area (Å²) in [7, 11) is 0. The van der Waals surface area contributed by atoms with Crippen LogP contribution < -0.4 is 4.74 Å². The number of benzene rings is 1. The monoisotopic (exact) mass is 263 g/mol. The number of hydrogen-bond donors (Lipinski definition) is 0. The number of carbonyl (C=O) groups excluding carboxylic acids is 1. The molecule has 102 valence electrons. The molecule has 1 saturated carbocycles. The van der Waals surface area contributed by atoms with E-state index in [-0.39, 0.29) is 11.6 Å². The summed E-state index contributed by atoms with van der Waals surface area (Å²) >= 11 is 0. The lowest BCUT2D eigenvalue weighted by molar-refractivity contribution is -0.385. The zero-order valence-corrected chi connectivity index (χ0v) is 10.9. The molecule has 0 bridgehead atoms. The molecule has 1 aromatic rings. The molecule has 0 heterocycles. The van der Waals surface area contributed by atoms with Gasteiger partial charge in [0.15, 0.2) is 0 Å². The Morgan fingerprint density at radius 2 is 2.26 bits per heavy atom. The van der Waals surface area contributed by atoms with Gasteiger partial charge < -0.3 is 4.74 Å². The fourth-order valence-electron chi connectivity index (χ4n) is 2.43. The minimum Gasteiger partial charge on any atom is -0.494 e. The van der Waals surface area contributed by atoms with Gasteiger partial charge in [-0.3, -0.25) is 14.9 Å². The molecule has 1 fully saturated rings. The van der Waals surface area contributed by atoms with E-state index in [0.29, 0.717) is 30.1 Å². The molecule has 0 spiro atoms. The van der Waals surface area contributed by atoms with Crippen LogP contribution in [0, 0.1) is 23.0 Å². The van der Waals surface area contributed by atoms with Crippen LogP contribution in [0.2, 0.25) is 0 Å². The minimum absolute atomic E-state index is 0.0957. The van der Waals surface area contributed by atoms with Crippen LogP contribution in [0.4, 0.5) is 5.69 Å². The van der Waals surface area contributed by atoms with Gasteiger partial charge in [-0.2, -0.15) is 0 Å². The molecule has 1 aliphatic rings. The van der Waals surface area contributed by atoms with Gasteiger partial charge >= 0.3 is 0 Å². The third kappa shape index (κ3) is 3.30. The fraction of sp³-hybridized carbons (Fsp3) is 0.500. The molecule has 1 atom stereocenters. The van der Waals surface area contributed by atoms with E-state index in [2.05, 4.69) is 0 Å². The van der Waals surface area contributed by atoms with Crippen molar-refractivity contribution in [1.29, 1.82) is 0 Å². The Morgan fingerprint density at radius 1 is 1.47 bits per heavy atom. The molecule has 0 saturated heterocycles. The average molecular weight is 263 g/mol. The van der Waals surface area contributed by atoms with Crippen molar-refractivity contribution in [2.75, 3.05) is 6.61 Å². The standard InChI is InChI=1S/C14H17NO4/c1-10-9-12(5-6-13(10)15(17)18)19-8-7-11-3-2-4-14(11)16/h5-6,9,11H,2-4,7-8H2,1H3. The number of hydrogen-bond acceptors (Lipinski definition) is 4. The molecular formula is C14H17NO4. The first-order valence-corrected chi connectivity index (χ1v) is 6.48. The largest absolute Gasteiger partial charge is 0.494 e. The SMILES string of the molecule is Cc1cc(OCCC2CCCC2=O)ccc1[N+](=O)[O-]. The molecule has 1 unspecified atom stereocenters. The van der Waals surface area contributed by atoms with Gasteiger partial charge in [0.05, 0.1) is 11.5 Å². The van der Waals surface area contributed by atoms with Gasteiger partial charge in [0.25, 0.3) is 5.69 Å². The van der Waals surface area contributed by atoms with E-state index < -0.39 is 4.92 Å². The van der Waals surface area contributed by atoms with Crippen LogP contribution in [-0.2, 0) is 4.79 Å². The highest BCUT2D eigenvalue weighted by atomic mass is 16.6. The zero-order chi connectivity index (χ0) is 13.8. The number of nitrogens with zero attached hydrogens (tertiary/aromatic N) is 1. The normalized spacial score (nSPS) is 18.6. The van der Waals surface area contributed by atoms with Crippen molar-refractivity contribution in [3.63, 3.8) is 0 Å². The van der Waals surface area contributed by atoms with Crippen LogP contribution in [0.3, 0.4) is 0 Å². The van der Waals surface area contributed by atoms with Crippen LogP contribution in [0.25, 0.3) is 0 Å². The quantitative estimate of drug-likeness (QED) is 0.604. The second-order valence-electron chi connectivity index (χ2n) is 4.90. The summed E-state index contributed by atoms with van der Waals surface area (Å²) < 4.78 is 5.56. The molecule has 5 heteroatoms. The fourth-order valence-corrected chi connectivity index (χ4v) is 2.43. The van der Waals surface area contributed by atoms with Crippen molar-refractivity contribution in [3.05, 3.63) is 33.9 Å². The predicted molar refractivity (Wildman–Crippen MR) is 70.3 cm³/mol. The summed E-state index contributed by atoms with van der Waals surface area (Å²) in [6, 6.07) is 4.71. The number of aryl methyl sites for hydroxylation is 1. The highest BCUT2D eigenvalue weighted by Crippen LogP contribution is 2.26. The van der Waals surface area contributed by atoms with Crippen LogP contribution >= 0.6 is 0 Å². The first-order valence-electron chi connectivity index (χ1n) is 6.48. The van der Waals surface area contributed by atoms with E-state index in [9.17, 15) is 14.9 Å². The lowest BCUT2D eigenvalue weighted by Gasteiger charge is -2.10. The molecular weight excluding hydrogens is 246 g/mol. The van der Waals surface area contributed by atoms with Gasteiger partial charge in [-0.25, -0.2) is 0 Å². The van der Waals surface area contributed by atoms with E-state index in [1.807, 2.05) is 0 Å². The molecule has 0 radical (unpaired) electrons. The molecule has 19 heavy (non-hydrogen) atoms. The summed E-state index contributed by atoms with van der Waals surface area (Å²) in [6.45, 7) is 2.17. The highest BCUT2D eigenvalue weighted by Gasteiger charge is 2.23. The first-order chi connectivity index (χ1) is 9.08. The number of nitro benzene ring substituents is 1. The lowest BCUT2D eigenvalue weighted by Crippen LogP contribution is -2.11. The highest BCUT2D eigenvalue weighted by molar-refractivity contribution is 5.82. The van der Waals surface area contributed by atoms with E-state index in [4.69, 9.17) is 4.74 Å². The van der Waals surface area contributed by atoms with Gasteiger partial charge in [0, 0.05) is 24.0 Å². The topological polar surface area (TPSA) is 69.4 Å². The molecule has 0 amide bonds. The Kier molecular flexibility index (Phi) is 4.14. The summed E-state index contributed by atoms with van der Waals surface area (Å²) in [5.74, 6) is 1.09. The van der Waals surface area contributed by atoms with E-state index in [1.165, 1.54) is 6.07 Å². The minimum atomic E-state index is -0.406. The number of nitro groups is 1. The van der Waals surface area contributed by atoms with Crippen molar-refractivity contribution >= 4 is 11.5 Å². The summed E-state index contributed by atoms with van der Waals surface area (Å²) in [5.41, 5.74) is 0.678. The predicted octanol–water partition coefficient (Wildman–Crippen LogP) is 3.04. The summed E-state index contributed by atoms with van der Waals surface area (Å²) in [5, 5.41) is 10.7. The third-order valence-corrected chi connectivity index (χ3v) is 3.53. The van der Waals surface area contributed by atoms with Gasteiger partial charge in [-0.05, 0) is 38.3 Å². The number of rotatable bonds is 5. The third-order valence-electron chi connectivity index (χ3n) is 3.53. The maximum atomic E-state index is 11.5. The molecule has 0 aliphatic heterocycles. The second-order valence-corrected chi connectivity index (χ2v) is 4.90. The Labute approximate surface area is 111 Å². The van der Waals surface area contributed by atoms with Crippen molar-refractivity contribution in [2.45, 2.75) is 32.6 Å².